The summed E-state index contributed by atoms with van der Waals surface area (Å²) < 4.78 is 2.01. The molecule has 23 heavy (non-hydrogen) atoms. The fraction of sp³-hybridized carbons (Fsp3) is 0.312. The van der Waals surface area contributed by atoms with E-state index in [9.17, 15) is 0 Å². The minimum Gasteiger partial charge on any atom is -0.339 e. The molecule has 3 aromatic heterocycles. The first kappa shape index (κ1) is 14.7. The quantitative estimate of drug-likeness (QED) is 0.731. The maximum Gasteiger partial charge on any atom is 0.225 e. The van der Waals surface area contributed by atoms with E-state index < -0.39 is 0 Å². The van der Waals surface area contributed by atoms with Gasteiger partial charge in [0.1, 0.15) is 5.82 Å². The van der Waals surface area contributed by atoms with Crippen molar-refractivity contribution in [3.05, 3.63) is 36.1 Å². The zero-order valence-electron chi connectivity index (χ0n) is 12.8. The van der Waals surface area contributed by atoms with Gasteiger partial charge in [0.25, 0.3) is 0 Å². The van der Waals surface area contributed by atoms with Gasteiger partial charge in [-0.15, -0.1) is 11.3 Å². The molecule has 4 rings (SSSR count). The molecule has 5 nitrogen and oxygen atoms in total. The highest BCUT2D eigenvalue weighted by molar-refractivity contribution is 7.99. The van der Waals surface area contributed by atoms with E-state index >= 15 is 0 Å². The third-order valence-electron chi connectivity index (χ3n) is 3.89. The Labute approximate surface area is 143 Å². The van der Waals surface area contributed by atoms with Crippen LogP contribution in [0.5, 0.6) is 0 Å². The molecule has 1 fully saturated rings. The molecule has 0 aliphatic carbocycles. The number of hydrogen-bond acceptors (Lipinski definition) is 6. The molecule has 0 radical (unpaired) electrons. The van der Waals surface area contributed by atoms with Crippen molar-refractivity contribution < 1.29 is 0 Å². The number of anilines is 1. The number of aryl methyl sites for hydroxylation is 1. The molecule has 0 N–H and O–H groups in total. The molecule has 7 heteroatoms. The van der Waals surface area contributed by atoms with Gasteiger partial charge in [0.15, 0.2) is 0 Å². The smallest absolute Gasteiger partial charge is 0.225 e. The number of hydrogen-bond donors (Lipinski definition) is 0. The van der Waals surface area contributed by atoms with Gasteiger partial charge in [-0.25, -0.2) is 15.0 Å². The highest BCUT2D eigenvalue weighted by Gasteiger charge is 2.19. The average Bonchev–Trinajstić information content (AvgIpc) is 3.27. The van der Waals surface area contributed by atoms with E-state index in [1.165, 1.54) is 0 Å². The first-order valence-electron chi connectivity index (χ1n) is 7.54. The van der Waals surface area contributed by atoms with Crippen molar-refractivity contribution in [2.45, 2.75) is 0 Å². The molecule has 0 atom stereocenters. The summed E-state index contributed by atoms with van der Waals surface area (Å²) in [5.41, 5.74) is 1.95. The molecule has 1 aliphatic heterocycles. The largest absolute Gasteiger partial charge is 0.339 e. The Bertz CT molecular complexity index is 791. The second kappa shape index (κ2) is 6.33. The second-order valence-electron chi connectivity index (χ2n) is 5.37. The van der Waals surface area contributed by atoms with Gasteiger partial charge in [-0.1, -0.05) is 6.07 Å². The van der Waals surface area contributed by atoms with Crippen LogP contribution in [0.15, 0.2) is 36.1 Å². The van der Waals surface area contributed by atoms with Crippen molar-refractivity contribution in [2.24, 2.45) is 7.05 Å². The number of thiophene rings is 1. The van der Waals surface area contributed by atoms with E-state index in [1.54, 1.807) is 11.3 Å². The van der Waals surface area contributed by atoms with Crippen LogP contribution in [0.1, 0.15) is 0 Å². The molecule has 0 aromatic carbocycles. The van der Waals surface area contributed by atoms with Crippen LogP contribution in [0.3, 0.4) is 0 Å². The third-order valence-corrected chi connectivity index (χ3v) is 5.71. The molecular formula is C16H17N5S2. The van der Waals surface area contributed by atoms with E-state index in [0.717, 1.165) is 52.5 Å². The molecule has 0 saturated carbocycles. The predicted molar refractivity (Wildman–Crippen MR) is 97.1 cm³/mol. The SMILES string of the molecule is Cn1ccnc1-c1cnc(N2CCSCC2)nc1-c1cccs1. The lowest BCUT2D eigenvalue weighted by molar-refractivity contribution is 0.816. The summed E-state index contributed by atoms with van der Waals surface area (Å²) in [7, 11) is 2.00. The molecule has 3 aromatic rings. The number of nitrogens with zero attached hydrogens (tertiary/aromatic N) is 5. The van der Waals surface area contributed by atoms with Crippen LogP contribution in [0.4, 0.5) is 5.95 Å². The Morgan fingerprint density at radius 2 is 2.04 bits per heavy atom. The van der Waals surface area contributed by atoms with Gasteiger partial charge >= 0.3 is 0 Å². The highest BCUT2D eigenvalue weighted by atomic mass is 32.2. The summed E-state index contributed by atoms with van der Waals surface area (Å²) in [6.07, 6.45) is 5.67. The molecule has 1 saturated heterocycles. The summed E-state index contributed by atoms with van der Waals surface area (Å²) in [5, 5.41) is 2.08. The number of aromatic nitrogens is 4. The van der Waals surface area contributed by atoms with Crippen molar-refractivity contribution in [3.63, 3.8) is 0 Å². The van der Waals surface area contributed by atoms with Crippen LogP contribution >= 0.6 is 23.1 Å². The molecule has 118 valence electrons. The van der Waals surface area contributed by atoms with Gasteiger partial charge in [-0.2, -0.15) is 11.8 Å². The minimum atomic E-state index is 0.826. The van der Waals surface area contributed by atoms with Gasteiger partial charge in [-0.05, 0) is 11.4 Å². The normalized spacial score (nSPS) is 15.1. The molecule has 0 bridgehead atoms. The molecular weight excluding hydrogens is 326 g/mol. The van der Waals surface area contributed by atoms with Gasteiger partial charge in [0.2, 0.25) is 5.95 Å². The Balaban J connectivity index is 1.82. The predicted octanol–water partition coefficient (Wildman–Crippen LogP) is 3.16. The van der Waals surface area contributed by atoms with Gasteiger partial charge in [-0.3, -0.25) is 0 Å². The van der Waals surface area contributed by atoms with Gasteiger partial charge in [0, 0.05) is 50.2 Å². The number of imidazole rings is 1. The molecule has 0 spiro atoms. The Hall–Kier alpha value is -1.86. The summed E-state index contributed by atoms with van der Waals surface area (Å²) in [6, 6.07) is 4.16. The lowest BCUT2D eigenvalue weighted by atomic mass is 10.2. The Kier molecular flexibility index (Phi) is 4.05. The zero-order valence-corrected chi connectivity index (χ0v) is 14.5. The van der Waals surface area contributed by atoms with E-state index in [-0.39, 0.29) is 0 Å². The molecule has 0 unspecified atom stereocenters. The maximum absolute atomic E-state index is 4.90. The first-order valence-corrected chi connectivity index (χ1v) is 9.57. The zero-order chi connectivity index (χ0) is 15.6. The van der Waals surface area contributed by atoms with Crippen LogP contribution in [-0.2, 0) is 7.05 Å². The van der Waals surface area contributed by atoms with Crippen molar-refractivity contribution in [1.29, 1.82) is 0 Å². The van der Waals surface area contributed by atoms with Crippen LogP contribution in [0.2, 0.25) is 0 Å². The molecule has 1 aliphatic rings. The van der Waals surface area contributed by atoms with Crippen LogP contribution in [0, 0.1) is 0 Å². The van der Waals surface area contributed by atoms with E-state index in [0.29, 0.717) is 0 Å². The lowest BCUT2D eigenvalue weighted by Crippen LogP contribution is -2.33. The fourth-order valence-corrected chi connectivity index (χ4v) is 4.31. The fourth-order valence-electron chi connectivity index (χ4n) is 2.68. The average molecular weight is 343 g/mol. The summed E-state index contributed by atoms with van der Waals surface area (Å²) in [6.45, 7) is 2.02. The second-order valence-corrected chi connectivity index (χ2v) is 7.54. The van der Waals surface area contributed by atoms with Crippen molar-refractivity contribution in [1.82, 2.24) is 19.5 Å². The Morgan fingerprint density at radius 3 is 2.74 bits per heavy atom. The molecule has 4 heterocycles. The third kappa shape index (κ3) is 2.86. The topological polar surface area (TPSA) is 46.8 Å². The van der Waals surface area contributed by atoms with Crippen LogP contribution < -0.4 is 4.90 Å². The van der Waals surface area contributed by atoms with Crippen molar-refractivity contribution in [2.75, 3.05) is 29.5 Å². The van der Waals surface area contributed by atoms with Crippen molar-refractivity contribution in [3.8, 4) is 22.0 Å². The van der Waals surface area contributed by atoms with E-state index in [2.05, 4.69) is 32.4 Å². The monoisotopic (exact) mass is 343 g/mol. The summed E-state index contributed by atoms with van der Waals surface area (Å²) in [4.78, 5) is 17.4. The van der Waals surface area contributed by atoms with Crippen molar-refractivity contribution >= 4 is 29.0 Å². The van der Waals surface area contributed by atoms with Gasteiger partial charge < -0.3 is 9.47 Å². The van der Waals surface area contributed by atoms with Gasteiger partial charge in [0.05, 0.1) is 16.1 Å². The summed E-state index contributed by atoms with van der Waals surface area (Å²) in [5.74, 6) is 4.00. The Morgan fingerprint density at radius 1 is 1.17 bits per heavy atom. The minimum absolute atomic E-state index is 0.826. The van der Waals surface area contributed by atoms with Crippen LogP contribution in [0.25, 0.3) is 22.0 Å². The van der Waals surface area contributed by atoms with E-state index in [4.69, 9.17) is 4.98 Å². The highest BCUT2D eigenvalue weighted by Crippen LogP contribution is 2.33. The van der Waals surface area contributed by atoms with Crippen LogP contribution in [-0.4, -0.2) is 44.1 Å². The summed E-state index contributed by atoms with van der Waals surface area (Å²) >= 11 is 3.69. The van der Waals surface area contributed by atoms with E-state index in [1.807, 2.05) is 42.0 Å². The molecule has 0 amide bonds. The standard InChI is InChI=1S/C16H17N5S2/c1-20-5-4-17-15(20)12-11-18-16(21-6-9-22-10-7-21)19-14(12)13-3-2-8-23-13/h2-5,8,11H,6-7,9-10H2,1H3. The maximum atomic E-state index is 4.90. The number of rotatable bonds is 3. The first-order chi connectivity index (χ1) is 11.3. The lowest BCUT2D eigenvalue weighted by Gasteiger charge is -2.26. The number of thioether (sulfide) groups is 1.